The topological polar surface area (TPSA) is 161 Å². The summed E-state index contributed by atoms with van der Waals surface area (Å²) in [5.74, 6) is -6.41. The van der Waals surface area contributed by atoms with E-state index in [9.17, 15) is 34.8 Å². The van der Waals surface area contributed by atoms with Crippen LogP contribution in [0.3, 0.4) is 0 Å². The van der Waals surface area contributed by atoms with Gasteiger partial charge in [-0.1, -0.05) is 29.4 Å². The third kappa shape index (κ3) is 3.56. The molecule has 1 fully saturated rings. The Balaban J connectivity index is 1.63. The first kappa shape index (κ1) is 25.9. The van der Waals surface area contributed by atoms with E-state index >= 15 is 0 Å². The number of benzene rings is 1. The highest BCUT2D eigenvalue weighted by Gasteiger charge is 2.64. The molecule has 0 radical (unpaired) electrons. The minimum Gasteiger partial charge on any atom is -0.508 e. The molecule has 0 aliphatic heterocycles. The van der Waals surface area contributed by atoms with Crippen molar-refractivity contribution in [2.24, 2.45) is 17.6 Å². The van der Waals surface area contributed by atoms with E-state index in [1.807, 2.05) is 6.07 Å². The Morgan fingerprint density at radius 1 is 1.16 bits per heavy atom. The summed E-state index contributed by atoms with van der Waals surface area (Å²) in [5.41, 5.74) is 6.13. The number of fused-ring (bicyclic) bond motifs is 3. The van der Waals surface area contributed by atoms with Crippen LogP contribution in [0, 0.1) is 11.8 Å². The van der Waals surface area contributed by atoms with Crippen molar-refractivity contribution < 1.29 is 34.8 Å². The molecule has 38 heavy (non-hydrogen) atoms. The molecule has 9 heteroatoms. The van der Waals surface area contributed by atoms with Crippen LogP contribution in [-0.4, -0.2) is 68.5 Å². The monoisotopic (exact) mass is 520 g/mol. The number of ketones is 2. The van der Waals surface area contributed by atoms with Crippen LogP contribution in [0.25, 0.3) is 5.76 Å². The number of allylic oxidation sites excluding steroid dienone is 4. The molecular formula is C29H32N2O7. The molecule has 4 atom stereocenters. The number of nitrogens with zero attached hydrogens (tertiary/aromatic N) is 1. The number of aryl methyl sites for hydroxylation is 1. The Hall–Kier alpha value is -3.69. The zero-order chi connectivity index (χ0) is 27.7. The van der Waals surface area contributed by atoms with Gasteiger partial charge in [0.1, 0.15) is 22.8 Å². The van der Waals surface area contributed by atoms with Crippen molar-refractivity contribution >= 4 is 23.2 Å². The smallest absolute Gasteiger partial charge is 0.255 e. The fourth-order valence-electron chi connectivity index (χ4n) is 6.78. The van der Waals surface area contributed by atoms with E-state index in [1.54, 1.807) is 14.1 Å². The van der Waals surface area contributed by atoms with Gasteiger partial charge in [0, 0.05) is 11.5 Å². The normalized spacial score (nSPS) is 28.7. The molecule has 1 aromatic carbocycles. The lowest BCUT2D eigenvalue weighted by Gasteiger charge is -2.50. The van der Waals surface area contributed by atoms with Crippen LogP contribution >= 0.6 is 0 Å². The lowest BCUT2D eigenvalue weighted by atomic mass is 9.57. The number of carbonyl (C=O) groups is 3. The number of phenols is 1. The number of hydrogen-bond donors (Lipinski definition) is 5. The molecule has 0 aromatic heterocycles. The molecule has 4 aliphatic carbocycles. The van der Waals surface area contributed by atoms with Gasteiger partial charge in [0.05, 0.1) is 11.6 Å². The number of phenolic OH excluding ortho intramolecular Hbond substituents is 1. The van der Waals surface area contributed by atoms with Gasteiger partial charge in [-0.15, -0.1) is 0 Å². The number of aliphatic hydroxyl groups is 3. The van der Waals surface area contributed by atoms with Crippen molar-refractivity contribution in [1.29, 1.82) is 0 Å². The summed E-state index contributed by atoms with van der Waals surface area (Å²) in [7, 11) is 3.16. The molecule has 1 saturated carbocycles. The third-order valence-corrected chi connectivity index (χ3v) is 8.69. The molecule has 0 spiro atoms. The molecule has 0 saturated heterocycles. The van der Waals surface area contributed by atoms with Gasteiger partial charge in [-0.3, -0.25) is 19.3 Å². The van der Waals surface area contributed by atoms with E-state index in [-0.39, 0.29) is 23.3 Å². The number of nitrogens with two attached hydrogens (primary N) is 1. The number of likely N-dealkylation sites (N-methyl/N-ethyl adjacent to an activating group) is 1. The number of aliphatic hydroxyl groups excluding tert-OH is 2. The number of rotatable bonds is 5. The summed E-state index contributed by atoms with van der Waals surface area (Å²) < 4.78 is 0. The lowest BCUT2D eigenvalue weighted by molar-refractivity contribution is -0.153. The number of aromatic hydroxyl groups is 1. The summed E-state index contributed by atoms with van der Waals surface area (Å²) >= 11 is 0. The van der Waals surface area contributed by atoms with Crippen LogP contribution < -0.4 is 5.73 Å². The molecular weight excluding hydrogens is 488 g/mol. The lowest BCUT2D eigenvalue weighted by Crippen LogP contribution is -2.65. The maximum Gasteiger partial charge on any atom is 0.255 e. The average Bonchev–Trinajstić information content (AvgIpc) is 3.25. The standard InChI is InChI=1S/C29H32N2O7/c1-13-5-4-6-14(13)7-8-15-9-10-19(32)21-17(15)11-16-12-18-23(31(2)3)25(34)22(28(30)37)27(36)29(18,38)26(35)20(16)24(21)33/h4-5,9-10,16,18,23,32-33,36,38H,6-8,11-12H2,1-3H3,(H2,30,37)/t16-,18-,23-,29-/m1/s1. The molecule has 1 aromatic rings. The molecule has 5 rings (SSSR count). The molecule has 6 N–H and O–H groups in total. The summed E-state index contributed by atoms with van der Waals surface area (Å²) in [6.45, 7) is 2.07. The second kappa shape index (κ2) is 8.96. The SMILES string of the molecule is CC1=C(CCc2ccc(O)c3c2C[C@@H]2C[C@@H]4[C@@H](N(C)C)C(=O)C(C(N)=O)=C(O)[C@]4(O)C(=O)C2=C3O)CC=C1. The highest BCUT2D eigenvalue weighted by molar-refractivity contribution is 6.24. The van der Waals surface area contributed by atoms with Gasteiger partial charge in [0.25, 0.3) is 5.91 Å². The van der Waals surface area contributed by atoms with Gasteiger partial charge in [0.15, 0.2) is 11.4 Å². The van der Waals surface area contributed by atoms with Crippen LogP contribution in [0.4, 0.5) is 0 Å². The van der Waals surface area contributed by atoms with Crippen molar-refractivity contribution in [3.8, 4) is 5.75 Å². The molecule has 0 heterocycles. The minimum absolute atomic E-state index is 0.0784. The molecule has 0 unspecified atom stereocenters. The van der Waals surface area contributed by atoms with Crippen molar-refractivity contribution in [3.05, 3.63) is 69.0 Å². The minimum atomic E-state index is -2.63. The van der Waals surface area contributed by atoms with Gasteiger partial charge in [-0.25, -0.2) is 0 Å². The van der Waals surface area contributed by atoms with Crippen molar-refractivity contribution in [2.45, 2.75) is 50.7 Å². The van der Waals surface area contributed by atoms with E-state index < -0.39 is 58.0 Å². The van der Waals surface area contributed by atoms with E-state index in [0.29, 0.717) is 12.8 Å². The maximum atomic E-state index is 13.9. The fourth-order valence-corrected chi connectivity index (χ4v) is 6.78. The van der Waals surface area contributed by atoms with Gasteiger partial charge in [-0.2, -0.15) is 0 Å². The Labute approximate surface area is 220 Å². The predicted molar refractivity (Wildman–Crippen MR) is 139 cm³/mol. The molecule has 1 amide bonds. The average molecular weight is 521 g/mol. The zero-order valence-electron chi connectivity index (χ0n) is 21.6. The van der Waals surface area contributed by atoms with E-state index in [2.05, 4.69) is 19.1 Å². The quantitative estimate of drug-likeness (QED) is 0.369. The summed E-state index contributed by atoms with van der Waals surface area (Å²) in [6.07, 6.45) is 6.97. The van der Waals surface area contributed by atoms with E-state index in [4.69, 9.17) is 5.73 Å². The first-order chi connectivity index (χ1) is 17.9. The number of amides is 1. The van der Waals surface area contributed by atoms with E-state index in [1.165, 1.54) is 22.1 Å². The molecule has 200 valence electrons. The van der Waals surface area contributed by atoms with Crippen molar-refractivity contribution in [2.75, 3.05) is 14.1 Å². The van der Waals surface area contributed by atoms with Crippen LogP contribution in [0.1, 0.15) is 42.9 Å². The Morgan fingerprint density at radius 2 is 1.87 bits per heavy atom. The second-order valence-electron chi connectivity index (χ2n) is 11.0. The van der Waals surface area contributed by atoms with Gasteiger partial charge in [0.2, 0.25) is 5.78 Å². The highest BCUT2D eigenvalue weighted by atomic mass is 16.3. The number of carbonyl (C=O) groups excluding carboxylic acids is 3. The van der Waals surface area contributed by atoms with Crippen LogP contribution in [0.2, 0.25) is 0 Å². The van der Waals surface area contributed by atoms with Crippen molar-refractivity contribution in [3.63, 3.8) is 0 Å². The predicted octanol–water partition coefficient (Wildman–Crippen LogP) is 2.17. The summed E-state index contributed by atoms with van der Waals surface area (Å²) in [5, 5.41) is 44.6. The number of hydrogen-bond acceptors (Lipinski definition) is 8. The van der Waals surface area contributed by atoms with Gasteiger partial charge in [-0.05, 0) is 76.2 Å². The van der Waals surface area contributed by atoms with E-state index in [0.717, 1.165) is 24.0 Å². The Kier molecular flexibility index (Phi) is 6.11. The number of Topliss-reactive ketones (excluding diaryl/α,β-unsaturated/α-hetero) is 2. The van der Waals surface area contributed by atoms with Crippen LogP contribution in [0.5, 0.6) is 5.75 Å². The fraction of sp³-hybridized carbons (Fsp3) is 0.414. The second-order valence-corrected chi connectivity index (χ2v) is 11.0. The van der Waals surface area contributed by atoms with Crippen molar-refractivity contribution in [1.82, 2.24) is 4.90 Å². The van der Waals surface area contributed by atoms with Crippen LogP contribution in [0.15, 0.2) is 52.3 Å². The maximum absolute atomic E-state index is 13.9. The Morgan fingerprint density at radius 3 is 2.47 bits per heavy atom. The Bertz CT molecular complexity index is 1410. The highest BCUT2D eigenvalue weighted by Crippen LogP contribution is 2.53. The number of primary amides is 1. The first-order valence-electron chi connectivity index (χ1n) is 12.7. The largest absolute Gasteiger partial charge is 0.508 e. The molecule has 0 bridgehead atoms. The summed E-state index contributed by atoms with van der Waals surface area (Å²) in [4.78, 5) is 40.7. The third-order valence-electron chi connectivity index (χ3n) is 8.69. The molecule has 4 aliphatic rings. The van der Waals surface area contributed by atoms with Gasteiger partial charge < -0.3 is 26.2 Å². The molecule has 9 nitrogen and oxygen atoms in total. The van der Waals surface area contributed by atoms with Crippen LogP contribution in [-0.2, 0) is 27.2 Å². The van der Waals surface area contributed by atoms with Gasteiger partial charge >= 0.3 is 0 Å². The first-order valence-corrected chi connectivity index (χ1v) is 12.7. The summed E-state index contributed by atoms with van der Waals surface area (Å²) in [6, 6.07) is 2.21. The zero-order valence-corrected chi connectivity index (χ0v) is 21.6.